The lowest BCUT2D eigenvalue weighted by Gasteiger charge is -2.37. The fourth-order valence-electron chi connectivity index (χ4n) is 2.48. The van der Waals surface area contributed by atoms with E-state index >= 15 is 0 Å². The van der Waals surface area contributed by atoms with Crippen molar-refractivity contribution in [2.45, 2.75) is 22.8 Å². The Balaban J connectivity index is 1.97. The number of rotatable bonds is 4. The van der Waals surface area contributed by atoms with Crippen molar-refractivity contribution < 1.29 is 9.09 Å². The molecule has 3 rings (SSSR count). The lowest BCUT2D eigenvalue weighted by molar-refractivity contribution is 0.310. The second kappa shape index (κ2) is 6.46. The molecule has 0 radical (unpaired) electrons. The fourth-order valence-corrected chi connectivity index (χ4v) is 4.28. The van der Waals surface area contributed by atoms with E-state index in [2.05, 4.69) is 29.2 Å². The van der Waals surface area contributed by atoms with E-state index in [4.69, 9.17) is 27.0 Å². The van der Waals surface area contributed by atoms with Crippen LogP contribution in [0.4, 0.5) is 11.4 Å². The zero-order chi connectivity index (χ0) is 15.7. The highest BCUT2D eigenvalue weighted by Crippen LogP contribution is 2.58. The average Bonchev–Trinajstić information content (AvgIpc) is 2.49. The van der Waals surface area contributed by atoms with Gasteiger partial charge >= 0.3 is 6.07 Å². The average molecular weight is 374 g/mol. The second-order valence-electron chi connectivity index (χ2n) is 4.97. The van der Waals surface area contributed by atoms with E-state index in [-0.39, 0.29) is 12.6 Å². The van der Waals surface area contributed by atoms with Gasteiger partial charge in [-0.1, -0.05) is 36.0 Å². The highest BCUT2D eigenvalue weighted by atomic mass is 35.9. The maximum Gasteiger partial charge on any atom is 0.380 e. The summed E-state index contributed by atoms with van der Waals surface area (Å²) in [6.45, 7) is 2.17. The van der Waals surface area contributed by atoms with Crippen LogP contribution in [-0.2, 0) is 9.09 Å². The molecule has 0 spiro atoms. The summed E-state index contributed by atoms with van der Waals surface area (Å²) in [7, 11) is 0. The Morgan fingerprint density at radius 3 is 2.09 bits per heavy atom. The molecule has 7 heteroatoms. The zero-order valence-corrected chi connectivity index (χ0v) is 15.0. The standard InChI is InChI=1S/C15H14Cl2NO2PS/c1-11(10-20-21(16,17)19)18-12-6-2-4-8-14(12)22-15-9-5-3-7-13(15)18/h2-9,11H,10H2,1H3. The molecule has 3 nitrogen and oxygen atoms in total. The first kappa shape index (κ1) is 16.2. The molecule has 0 bridgehead atoms. The first-order chi connectivity index (χ1) is 10.5. The maximum atomic E-state index is 11.4. The van der Waals surface area contributed by atoms with Crippen molar-refractivity contribution in [2.24, 2.45) is 0 Å². The molecule has 0 aliphatic carbocycles. The van der Waals surface area contributed by atoms with Gasteiger partial charge in [-0.05, 0) is 53.7 Å². The van der Waals surface area contributed by atoms with E-state index in [0.29, 0.717) is 0 Å². The minimum atomic E-state index is -3.53. The minimum absolute atomic E-state index is 0.0611. The molecule has 1 aliphatic rings. The van der Waals surface area contributed by atoms with Crippen molar-refractivity contribution in [2.75, 3.05) is 11.5 Å². The van der Waals surface area contributed by atoms with Crippen LogP contribution in [0.25, 0.3) is 0 Å². The highest BCUT2D eigenvalue weighted by molar-refractivity contribution is 8.05. The zero-order valence-electron chi connectivity index (χ0n) is 11.8. The van der Waals surface area contributed by atoms with Crippen molar-refractivity contribution in [1.82, 2.24) is 0 Å². The molecule has 0 fully saturated rings. The van der Waals surface area contributed by atoms with Crippen LogP contribution in [0.1, 0.15) is 6.92 Å². The number of halogens is 2. The van der Waals surface area contributed by atoms with Gasteiger partial charge in [0.15, 0.2) is 0 Å². The minimum Gasteiger partial charge on any atom is -0.334 e. The monoisotopic (exact) mass is 373 g/mol. The quantitative estimate of drug-likeness (QED) is 0.589. The molecule has 22 heavy (non-hydrogen) atoms. The largest absolute Gasteiger partial charge is 0.380 e. The summed E-state index contributed by atoms with van der Waals surface area (Å²) < 4.78 is 16.5. The number of nitrogens with zero attached hydrogens (tertiary/aromatic N) is 1. The number of hydrogen-bond donors (Lipinski definition) is 0. The highest BCUT2D eigenvalue weighted by Gasteiger charge is 2.28. The Hall–Kier alpha value is -0.640. The first-order valence-corrected chi connectivity index (χ1v) is 11.0. The van der Waals surface area contributed by atoms with Crippen molar-refractivity contribution in [1.29, 1.82) is 0 Å². The van der Waals surface area contributed by atoms with Crippen LogP contribution >= 0.6 is 40.3 Å². The third-order valence-corrected chi connectivity index (χ3v) is 5.54. The van der Waals surface area contributed by atoms with Gasteiger partial charge < -0.3 is 9.42 Å². The Labute approximate surface area is 143 Å². The Morgan fingerprint density at radius 2 is 1.59 bits per heavy atom. The predicted molar refractivity (Wildman–Crippen MR) is 93.9 cm³/mol. The van der Waals surface area contributed by atoms with Gasteiger partial charge in [0.1, 0.15) is 0 Å². The van der Waals surface area contributed by atoms with Crippen LogP contribution in [0.15, 0.2) is 58.3 Å². The van der Waals surface area contributed by atoms with Crippen molar-refractivity contribution >= 4 is 51.7 Å². The van der Waals surface area contributed by atoms with E-state index in [1.807, 2.05) is 31.2 Å². The topological polar surface area (TPSA) is 29.5 Å². The molecule has 0 saturated heterocycles. The van der Waals surface area contributed by atoms with Gasteiger partial charge in [-0.3, -0.25) is 4.57 Å². The van der Waals surface area contributed by atoms with E-state index in [1.165, 1.54) is 9.79 Å². The molecule has 2 aromatic carbocycles. The summed E-state index contributed by atoms with van der Waals surface area (Å²) in [4.78, 5) is 4.52. The summed E-state index contributed by atoms with van der Waals surface area (Å²) in [5.41, 5.74) is 2.20. The molecule has 1 atom stereocenters. The van der Waals surface area contributed by atoms with E-state index < -0.39 is 6.07 Å². The Kier molecular flexibility index (Phi) is 4.77. The summed E-state index contributed by atoms with van der Waals surface area (Å²) >= 11 is 12.7. The van der Waals surface area contributed by atoms with E-state index in [1.54, 1.807) is 11.8 Å². The smallest absolute Gasteiger partial charge is 0.334 e. The normalized spacial score (nSPS) is 15.1. The third kappa shape index (κ3) is 3.47. The third-order valence-electron chi connectivity index (χ3n) is 3.38. The molecule has 1 aliphatic heterocycles. The molecule has 1 heterocycles. The fraction of sp³-hybridized carbons (Fsp3) is 0.200. The van der Waals surface area contributed by atoms with Crippen LogP contribution in [-0.4, -0.2) is 12.6 Å². The van der Waals surface area contributed by atoms with Gasteiger partial charge in [-0.15, -0.1) is 0 Å². The summed E-state index contributed by atoms with van der Waals surface area (Å²) in [6, 6.07) is 16.3. The van der Waals surface area contributed by atoms with Gasteiger partial charge in [-0.25, -0.2) is 0 Å². The summed E-state index contributed by atoms with van der Waals surface area (Å²) in [5, 5.41) is 0. The van der Waals surface area contributed by atoms with E-state index in [9.17, 15) is 4.57 Å². The molecule has 0 N–H and O–H groups in total. The molecular formula is C15H14Cl2NO2PS. The predicted octanol–water partition coefficient (Wildman–Crippen LogP) is 6.28. The van der Waals surface area contributed by atoms with Crippen molar-refractivity contribution in [3.63, 3.8) is 0 Å². The lowest BCUT2D eigenvalue weighted by atomic mass is 10.1. The van der Waals surface area contributed by atoms with Crippen LogP contribution < -0.4 is 4.90 Å². The Morgan fingerprint density at radius 1 is 1.09 bits per heavy atom. The van der Waals surface area contributed by atoms with Crippen LogP contribution in [0.3, 0.4) is 0 Å². The van der Waals surface area contributed by atoms with Crippen molar-refractivity contribution in [3.8, 4) is 0 Å². The van der Waals surface area contributed by atoms with Crippen LogP contribution in [0.2, 0.25) is 0 Å². The van der Waals surface area contributed by atoms with Gasteiger partial charge in [-0.2, -0.15) is 0 Å². The molecule has 116 valence electrons. The van der Waals surface area contributed by atoms with Gasteiger partial charge in [0.25, 0.3) is 0 Å². The first-order valence-electron chi connectivity index (χ1n) is 6.75. The van der Waals surface area contributed by atoms with E-state index in [0.717, 1.165) is 11.4 Å². The molecule has 2 aromatic rings. The molecular weight excluding hydrogens is 360 g/mol. The number of para-hydroxylation sites is 2. The Bertz CT molecular complexity index is 691. The second-order valence-corrected chi connectivity index (χ2v) is 10.3. The number of benzene rings is 2. The van der Waals surface area contributed by atoms with Gasteiger partial charge in [0.05, 0.1) is 24.0 Å². The maximum absolute atomic E-state index is 11.4. The van der Waals surface area contributed by atoms with Crippen LogP contribution in [0, 0.1) is 0 Å². The van der Waals surface area contributed by atoms with Crippen LogP contribution in [0.5, 0.6) is 0 Å². The number of fused-ring (bicyclic) bond motifs is 2. The summed E-state index contributed by atoms with van der Waals surface area (Å²) in [6.07, 6.45) is -3.53. The number of hydrogen-bond acceptors (Lipinski definition) is 4. The SMILES string of the molecule is CC(COP(=O)(Cl)Cl)N1c2ccccc2Sc2ccccc21. The van der Waals surface area contributed by atoms with Crippen molar-refractivity contribution in [3.05, 3.63) is 48.5 Å². The summed E-state index contributed by atoms with van der Waals surface area (Å²) in [5.74, 6) is 0. The molecule has 0 saturated carbocycles. The van der Waals surface area contributed by atoms with Gasteiger partial charge in [0.2, 0.25) is 0 Å². The molecule has 1 unspecified atom stereocenters. The molecule has 0 amide bonds. The lowest BCUT2D eigenvalue weighted by Crippen LogP contribution is -2.33. The van der Waals surface area contributed by atoms with Gasteiger partial charge in [0, 0.05) is 9.79 Å². The molecule has 0 aromatic heterocycles. The number of anilines is 2.